The number of aliphatic hydroxyl groups is 1. The molecule has 0 radical (unpaired) electrons. The first kappa shape index (κ1) is 28.4. The van der Waals surface area contributed by atoms with E-state index in [-0.39, 0.29) is 24.4 Å². The maximum Gasteiger partial charge on any atom is 0.424 e. The van der Waals surface area contributed by atoms with Crippen molar-refractivity contribution in [3.05, 3.63) is 46.7 Å². The number of ether oxygens (including phenoxy) is 3. The quantitative estimate of drug-likeness (QED) is 0.389. The molecule has 37 heavy (non-hydrogen) atoms. The van der Waals surface area contributed by atoms with Gasteiger partial charge in [0.1, 0.15) is 11.2 Å². The predicted octanol–water partition coefficient (Wildman–Crippen LogP) is 5.78. The average Bonchev–Trinajstić information content (AvgIpc) is 3.10. The van der Waals surface area contributed by atoms with Crippen molar-refractivity contribution in [2.75, 3.05) is 11.5 Å². The lowest BCUT2D eigenvalue weighted by Gasteiger charge is -2.29. The zero-order valence-electron chi connectivity index (χ0n) is 22.2. The Morgan fingerprint density at radius 1 is 1.05 bits per heavy atom. The fraction of sp³-hybridized carbons (Fsp3) is 0.481. The van der Waals surface area contributed by atoms with Gasteiger partial charge in [-0.15, -0.1) is 0 Å². The summed E-state index contributed by atoms with van der Waals surface area (Å²) in [5, 5.41) is 11.3. The van der Waals surface area contributed by atoms with Crippen molar-refractivity contribution in [3.63, 3.8) is 0 Å². The number of imide groups is 1. The maximum atomic E-state index is 13.2. The number of esters is 1. The van der Waals surface area contributed by atoms with E-state index in [4.69, 9.17) is 25.8 Å². The summed E-state index contributed by atoms with van der Waals surface area (Å²) in [6, 6.07) is 6.40. The molecule has 200 valence electrons. The molecule has 1 aliphatic carbocycles. The second-order valence-electron chi connectivity index (χ2n) is 10.8. The Labute approximate surface area is 221 Å². The van der Waals surface area contributed by atoms with Crippen LogP contribution in [-0.4, -0.2) is 46.1 Å². The Hall–Kier alpha value is -3.17. The van der Waals surface area contributed by atoms with E-state index < -0.39 is 35.0 Å². The van der Waals surface area contributed by atoms with E-state index in [1.165, 1.54) is 12.3 Å². The number of aromatic nitrogens is 1. The van der Waals surface area contributed by atoms with Crippen LogP contribution in [0.3, 0.4) is 0 Å². The highest BCUT2D eigenvalue weighted by atomic mass is 35.5. The molecule has 1 atom stereocenters. The molecule has 0 spiro atoms. The normalized spacial score (nSPS) is 17.1. The molecule has 10 heteroatoms. The van der Waals surface area contributed by atoms with Gasteiger partial charge >= 0.3 is 18.2 Å². The number of halogens is 1. The predicted molar refractivity (Wildman–Crippen MR) is 138 cm³/mol. The third kappa shape index (κ3) is 6.40. The Morgan fingerprint density at radius 3 is 2.19 bits per heavy atom. The first-order valence-electron chi connectivity index (χ1n) is 12.0. The van der Waals surface area contributed by atoms with E-state index in [0.717, 1.165) is 4.90 Å². The van der Waals surface area contributed by atoms with Crippen LogP contribution in [0.4, 0.5) is 15.3 Å². The Kier molecular flexibility index (Phi) is 7.91. The molecule has 0 saturated heterocycles. The third-order valence-corrected chi connectivity index (χ3v) is 5.63. The second kappa shape index (κ2) is 10.3. The molecule has 1 heterocycles. The van der Waals surface area contributed by atoms with E-state index >= 15 is 0 Å². The standard InChI is InChI=1S/C27H33ClN2O7/c1-8-35-22(31)27(34)12-11-16-13-17(15-29-21(16)27)19-14-18(28)9-10-20(19)30(23(32)36-25(2,3)4)24(33)37-26(5,6)7/h9-10,13-15,34H,8,11-12H2,1-7H3. The van der Waals surface area contributed by atoms with Crippen molar-refractivity contribution in [2.45, 2.75) is 78.1 Å². The Balaban J connectivity index is 2.13. The van der Waals surface area contributed by atoms with Gasteiger partial charge in [0.15, 0.2) is 0 Å². The van der Waals surface area contributed by atoms with Crippen molar-refractivity contribution < 1.29 is 33.7 Å². The van der Waals surface area contributed by atoms with Crippen molar-refractivity contribution in [1.29, 1.82) is 0 Å². The maximum absolute atomic E-state index is 13.2. The zero-order chi connectivity index (χ0) is 27.8. The van der Waals surface area contributed by atoms with Gasteiger partial charge in [-0.25, -0.2) is 14.4 Å². The van der Waals surface area contributed by atoms with Crippen LogP contribution in [0.2, 0.25) is 5.02 Å². The van der Waals surface area contributed by atoms with Crippen LogP contribution in [0.15, 0.2) is 30.5 Å². The summed E-state index contributed by atoms with van der Waals surface area (Å²) in [5.41, 5.74) is -1.64. The molecule has 1 aromatic carbocycles. The first-order chi connectivity index (χ1) is 17.1. The lowest BCUT2D eigenvalue weighted by atomic mass is 9.99. The Morgan fingerprint density at radius 2 is 1.65 bits per heavy atom. The summed E-state index contributed by atoms with van der Waals surface area (Å²) in [6.07, 6.45) is 0.115. The lowest BCUT2D eigenvalue weighted by Crippen LogP contribution is -2.44. The van der Waals surface area contributed by atoms with Crippen LogP contribution in [-0.2, 0) is 31.0 Å². The Bertz CT molecular complexity index is 1190. The van der Waals surface area contributed by atoms with Gasteiger partial charge in [0.2, 0.25) is 5.60 Å². The molecule has 2 amide bonds. The molecule has 1 N–H and O–H groups in total. The molecule has 1 unspecified atom stereocenters. The lowest BCUT2D eigenvalue weighted by molar-refractivity contribution is -0.166. The number of nitrogens with zero attached hydrogens (tertiary/aromatic N) is 2. The third-order valence-electron chi connectivity index (χ3n) is 5.39. The molecule has 0 saturated carbocycles. The van der Waals surface area contributed by atoms with Gasteiger partial charge in [-0.2, -0.15) is 4.90 Å². The molecular formula is C27H33ClN2O7. The fourth-order valence-corrected chi connectivity index (χ4v) is 4.10. The van der Waals surface area contributed by atoms with Gasteiger partial charge in [0.25, 0.3) is 0 Å². The average molecular weight is 533 g/mol. The van der Waals surface area contributed by atoms with E-state index in [1.807, 2.05) is 0 Å². The number of carbonyl (C=O) groups is 3. The molecule has 3 rings (SSSR count). The summed E-state index contributed by atoms with van der Waals surface area (Å²) < 4.78 is 16.1. The zero-order valence-corrected chi connectivity index (χ0v) is 22.9. The number of benzene rings is 1. The molecule has 2 aromatic rings. The summed E-state index contributed by atoms with van der Waals surface area (Å²) in [4.78, 5) is 44.1. The minimum absolute atomic E-state index is 0.127. The van der Waals surface area contributed by atoms with Gasteiger partial charge in [-0.3, -0.25) is 4.98 Å². The fourth-order valence-electron chi connectivity index (χ4n) is 3.92. The van der Waals surface area contributed by atoms with E-state index in [1.54, 1.807) is 66.7 Å². The van der Waals surface area contributed by atoms with E-state index in [9.17, 15) is 19.5 Å². The number of anilines is 1. The number of pyridine rings is 1. The van der Waals surface area contributed by atoms with E-state index in [2.05, 4.69) is 4.98 Å². The summed E-state index contributed by atoms with van der Waals surface area (Å²) in [5.74, 6) is -0.751. The topological polar surface area (TPSA) is 115 Å². The smallest absolute Gasteiger partial charge is 0.424 e. The summed E-state index contributed by atoms with van der Waals surface area (Å²) >= 11 is 6.31. The number of amides is 2. The first-order valence-corrected chi connectivity index (χ1v) is 12.4. The largest absolute Gasteiger partial charge is 0.464 e. The van der Waals surface area contributed by atoms with Gasteiger partial charge in [-0.1, -0.05) is 11.6 Å². The van der Waals surface area contributed by atoms with Crippen LogP contribution in [0, 0.1) is 0 Å². The number of hydrogen-bond acceptors (Lipinski definition) is 8. The number of aryl methyl sites for hydroxylation is 1. The molecule has 1 aromatic heterocycles. The minimum Gasteiger partial charge on any atom is -0.464 e. The van der Waals surface area contributed by atoms with Crippen LogP contribution < -0.4 is 4.90 Å². The van der Waals surface area contributed by atoms with Crippen molar-refractivity contribution in [2.24, 2.45) is 0 Å². The van der Waals surface area contributed by atoms with Crippen LogP contribution in [0.5, 0.6) is 0 Å². The SMILES string of the molecule is CCOC(=O)C1(O)CCc2cc(-c3cc(Cl)ccc3N(C(=O)OC(C)(C)C)C(=O)OC(C)(C)C)cnc21. The number of fused-ring (bicyclic) bond motifs is 1. The van der Waals surface area contributed by atoms with Crippen molar-refractivity contribution in [3.8, 4) is 11.1 Å². The molecular weight excluding hydrogens is 500 g/mol. The number of carbonyl (C=O) groups excluding carboxylic acids is 3. The summed E-state index contributed by atoms with van der Waals surface area (Å²) in [6.45, 7) is 11.9. The summed E-state index contributed by atoms with van der Waals surface area (Å²) in [7, 11) is 0. The van der Waals surface area contributed by atoms with Gasteiger partial charge in [0.05, 0.1) is 18.0 Å². The highest BCUT2D eigenvalue weighted by Gasteiger charge is 2.46. The van der Waals surface area contributed by atoms with Crippen LogP contribution in [0.1, 0.15) is 66.1 Å². The number of hydrogen-bond donors (Lipinski definition) is 1. The molecule has 9 nitrogen and oxygen atoms in total. The minimum atomic E-state index is -1.83. The van der Waals surface area contributed by atoms with Gasteiger partial charge < -0.3 is 19.3 Å². The molecule has 0 fully saturated rings. The van der Waals surface area contributed by atoms with Gasteiger partial charge in [-0.05, 0) is 91.1 Å². The van der Waals surface area contributed by atoms with Gasteiger partial charge in [0, 0.05) is 22.3 Å². The molecule has 0 bridgehead atoms. The monoisotopic (exact) mass is 532 g/mol. The van der Waals surface area contributed by atoms with Crippen molar-refractivity contribution >= 4 is 35.4 Å². The van der Waals surface area contributed by atoms with Crippen LogP contribution >= 0.6 is 11.6 Å². The molecule has 0 aliphatic heterocycles. The van der Waals surface area contributed by atoms with Crippen molar-refractivity contribution in [1.82, 2.24) is 4.98 Å². The van der Waals surface area contributed by atoms with Crippen LogP contribution in [0.25, 0.3) is 11.1 Å². The van der Waals surface area contributed by atoms with E-state index in [0.29, 0.717) is 28.1 Å². The molecule has 1 aliphatic rings. The highest BCUT2D eigenvalue weighted by Crippen LogP contribution is 2.41. The second-order valence-corrected chi connectivity index (χ2v) is 11.2. The number of rotatable bonds is 4. The highest BCUT2D eigenvalue weighted by molar-refractivity contribution is 6.31.